The van der Waals surface area contributed by atoms with Crippen LogP contribution in [0.15, 0.2) is 30.3 Å². The third-order valence-corrected chi connectivity index (χ3v) is 4.54. The topological polar surface area (TPSA) is 61.4 Å². The summed E-state index contributed by atoms with van der Waals surface area (Å²) in [5, 5.41) is 5.80. The number of hydrogen-bond acceptors (Lipinski definition) is 3. The number of carbonyl (C=O) groups excluding carboxylic acids is 2. The molecule has 0 bridgehead atoms. The number of hydrogen-bond donors (Lipinski definition) is 2. The molecule has 0 saturated carbocycles. The van der Waals surface area contributed by atoms with Gasteiger partial charge in [0.15, 0.2) is 0 Å². The molecule has 5 heteroatoms. The summed E-state index contributed by atoms with van der Waals surface area (Å²) in [6, 6.07) is 10.0. The second-order valence-corrected chi connectivity index (χ2v) is 6.84. The van der Waals surface area contributed by atoms with Crippen LogP contribution >= 0.6 is 0 Å². The molecule has 1 fully saturated rings. The molecule has 0 spiro atoms. The van der Waals surface area contributed by atoms with Gasteiger partial charge in [0.1, 0.15) is 6.04 Å². The highest BCUT2D eigenvalue weighted by Crippen LogP contribution is 2.24. The highest BCUT2D eigenvalue weighted by atomic mass is 16.2. The van der Waals surface area contributed by atoms with Crippen molar-refractivity contribution in [3.8, 4) is 0 Å². The van der Waals surface area contributed by atoms with Crippen molar-refractivity contribution in [1.29, 1.82) is 0 Å². The summed E-state index contributed by atoms with van der Waals surface area (Å²) in [5.41, 5.74) is 1.22. The van der Waals surface area contributed by atoms with Crippen molar-refractivity contribution in [3.63, 3.8) is 0 Å². The Balaban J connectivity index is 2.04. The summed E-state index contributed by atoms with van der Waals surface area (Å²) < 4.78 is 0. The van der Waals surface area contributed by atoms with E-state index in [1.807, 2.05) is 32.0 Å². The molecule has 0 aromatic heterocycles. The van der Waals surface area contributed by atoms with Crippen LogP contribution in [0.3, 0.4) is 0 Å². The molecule has 2 amide bonds. The van der Waals surface area contributed by atoms with Gasteiger partial charge in [0, 0.05) is 13.5 Å². The predicted molar refractivity (Wildman–Crippen MR) is 95.4 cm³/mol. The fourth-order valence-electron chi connectivity index (χ4n) is 3.25. The zero-order chi connectivity index (χ0) is 17.5. The molecule has 2 N–H and O–H groups in total. The molecular formula is C19H29N3O2. The Morgan fingerprint density at radius 1 is 1.12 bits per heavy atom. The van der Waals surface area contributed by atoms with Gasteiger partial charge in [0.05, 0.1) is 6.04 Å². The molecular weight excluding hydrogens is 302 g/mol. The highest BCUT2D eigenvalue weighted by molar-refractivity contribution is 5.87. The fraction of sp³-hybridized carbons (Fsp3) is 0.579. The maximum atomic E-state index is 12.5. The minimum absolute atomic E-state index is 0.0517. The quantitative estimate of drug-likeness (QED) is 0.804. The van der Waals surface area contributed by atoms with Gasteiger partial charge in [0.2, 0.25) is 11.8 Å². The van der Waals surface area contributed by atoms with Crippen molar-refractivity contribution in [2.45, 2.75) is 45.7 Å². The monoisotopic (exact) mass is 331 g/mol. The smallest absolute Gasteiger partial charge is 0.242 e. The molecule has 2 unspecified atom stereocenters. The Labute approximate surface area is 144 Å². The third kappa shape index (κ3) is 5.06. The fourth-order valence-corrected chi connectivity index (χ4v) is 3.25. The van der Waals surface area contributed by atoms with E-state index in [4.69, 9.17) is 0 Å². The Morgan fingerprint density at radius 2 is 1.75 bits per heavy atom. The predicted octanol–water partition coefficient (Wildman–Crippen LogP) is 2.10. The summed E-state index contributed by atoms with van der Waals surface area (Å²) in [4.78, 5) is 26.3. The lowest BCUT2D eigenvalue weighted by Crippen LogP contribution is -2.50. The minimum atomic E-state index is -0.488. The number of nitrogens with one attached hydrogen (secondary N) is 2. The Hall–Kier alpha value is -1.88. The van der Waals surface area contributed by atoms with E-state index in [0.717, 1.165) is 13.1 Å². The normalized spacial score (nSPS) is 17.5. The number of benzene rings is 1. The molecule has 1 aliphatic rings. The summed E-state index contributed by atoms with van der Waals surface area (Å²) in [6.45, 7) is 8.01. The van der Waals surface area contributed by atoms with Crippen molar-refractivity contribution < 1.29 is 9.59 Å². The molecule has 5 nitrogen and oxygen atoms in total. The Bertz CT molecular complexity index is 539. The molecule has 1 aliphatic heterocycles. The van der Waals surface area contributed by atoms with E-state index < -0.39 is 6.04 Å². The molecule has 2 atom stereocenters. The molecule has 0 aliphatic carbocycles. The third-order valence-electron chi connectivity index (χ3n) is 4.54. The van der Waals surface area contributed by atoms with Crippen LogP contribution < -0.4 is 10.6 Å². The maximum absolute atomic E-state index is 12.5. The van der Waals surface area contributed by atoms with Crippen LogP contribution in [-0.4, -0.2) is 42.4 Å². The van der Waals surface area contributed by atoms with Crippen LogP contribution in [0.2, 0.25) is 0 Å². The van der Waals surface area contributed by atoms with Gasteiger partial charge >= 0.3 is 0 Å². The molecule has 24 heavy (non-hydrogen) atoms. The first kappa shape index (κ1) is 18.5. The van der Waals surface area contributed by atoms with Crippen molar-refractivity contribution >= 4 is 11.8 Å². The van der Waals surface area contributed by atoms with Gasteiger partial charge < -0.3 is 10.6 Å². The largest absolute Gasteiger partial charge is 0.352 e. The van der Waals surface area contributed by atoms with Gasteiger partial charge in [-0.05, 0) is 37.4 Å². The number of nitrogens with zero attached hydrogens (tertiary/aromatic N) is 1. The summed E-state index contributed by atoms with van der Waals surface area (Å²) in [6.07, 6.45) is 2.41. The zero-order valence-corrected chi connectivity index (χ0v) is 14.9. The van der Waals surface area contributed by atoms with Crippen molar-refractivity contribution in [3.05, 3.63) is 35.9 Å². The van der Waals surface area contributed by atoms with E-state index in [9.17, 15) is 9.59 Å². The summed E-state index contributed by atoms with van der Waals surface area (Å²) >= 11 is 0. The lowest BCUT2D eigenvalue weighted by molar-refractivity contribution is -0.129. The molecule has 132 valence electrons. The molecule has 2 rings (SSSR count). The standard InChI is InChI=1S/C19H29N3O2/c1-14(2)18(21-15(3)23)19(24)20-13-17(22-11-7-8-12-22)16-9-5-4-6-10-16/h4-6,9-10,14,17-18H,7-8,11-13H2,1-3H3,(H,20,24)(H,21,23). The molecule has 1 aromatic carbocycles. The maximum Gasteiger partial charge on any atom is 0.242 e. The van der Waals surface area contributed by atoms with E-state index in [0.29, 0.717) is 6.54 Å². The minimum Gasteiger partial charge on any atom is -0.352 e. The van der Waals surface area contributed by atoms with Gasteiger partial charge in [-0.1, -0.05) is 44.2 Å². The van der Waals surface area contributed by atoms with Gasteiger partial charge in [-0.25, -0.2) is 0 Å². The average molecular weight is 331 g/mol. The van der Waals surface area contributed by atoms with Crippen molar-refractivity contribution in [2.24, 2.45) is 5.92 Å². The van der Waals surface area contributed by atoms with Crippen LogP contribution in [0.5, 0.6) is 0 Å². The first-order valence-electron chi connectivity index (χ1n) is 8.83. The Morgan fingerprint density at radius 3 is 2.29 bits per heavy atom. The SMILES string of the molecule is CC(=O)NC(C(=O)NCC(c1ccccc1)N1CCCC1)C(C)C. The van der Waals surface area contributed by atoms with Gasteiger partial charge in [-0.3, -0.25) is 14.5 Å². The first-order valence-corrected chi connectivity index (χ1v) is 8.83. The van der Waals surface area contributed by atoms with Crippen LogP contribution in [0, 0.1) is 5.92 Å². The second kappa shape index (κ2) is 8.83. The van der Waals surface area contributed by atoms with E-state index in [-0.39, 0.29) is 23.8 Å². The van der Waals surface area contributed by atoms with Gasteiger partial charge in [-0.2, -0.15) is 0 Å². The molecule has 0 radical (unpaired) electrons. The van der Waals surface area contributed by atoms with Crippen LogP contribution in [0.25, 0.3) is 0 Å². The van der Waals surface area contributed by atoms with Gasteiger partial charge in [-0.15, -0.1) is 0 Å². The van der Waals surface area contributed by atoms with E-state index in [2.05, 4.69) is 27.7 Å². The summed E-state index contributed by atoms with van der Waals surface area (Å²) in [5.74, 6) is -0.237. The van der Waals surface area contributed by atoms with Gasteiger partial charge in [0.25, 0.3) is 0 Å². The number of likely N-dealkylation sites (tertiary alicyclic amines) is 1. The molecule has 1 heterocycles. The van der Waals surface area contributed by atoms with Crippen LogP contribution in [-0.2, 0) is 9.59 Å². The number of rotatable bonds is 7. The lowest BCUT2D eigenvalue weighted by Gasteiger charge is -2.29. The lowest BCUT2D eigenvalue weighted by atomic mass is 10.0. The summed E-state index contributed by atoms with van der Waals surface area (Å²) in [7, 11) is 0. The van der Waals surface area contributed by atoms with Crippen molar-refractivity contribution in [1.82, 2.24) is 15.5 Å². The van der Waals surface area contributed by atoms with E-state index >= 15 is 0 Å². The van der Waals surface area contributed by atoms with Crippen molar-refractivity contribution in [2.75, 3.05) is 19.6 Å². The second-order valence-electron chi connectivity index (χ2n) is 6.84. The highest BCUT2D eigenvalue weighted by Gasteiger charge is 2.27. The average Bonchev–Trinajstić information content (AvgIpc) is 3.07. The zero-order valence-electron chi connectivity index (χ0n) is 14.9. The first-order chi connectivity index (χ1) is 11.5. The van der Waals surface area contributed by atoms with Crippen LogP contribution in [0.4, 0.5) is 0 Å². The Kier molecular flexibility index (Phi) is 6.79. The molecule has 1 saturated heterocycles. The van der Waals surface area contributed by atoms with E-state index in [1.165, 1.54) is 25.3 Å². The molecule has 1 aromatic rings. The number of amides is 2. The number of carbonyl (C=O) groups is 2. The van der Waals surface area contributed by atoms with Crippen LogP contribution in [0.1, 0.15) is 45.2 Å². The van der Waals surface area contributed by atoms with E-state index in [1.54, 1.807) is 0 Å².